The number of carbonyl (C=O) groups excluding carboxylic acids is 1. The zero-order valence-corrected chi connectivity index (χ0v) is 26.7. The minimum atomic E-state index is -0.716. The Morgan fingerprint density at radius 3 is 2.39 bits per heavy atom. The Kier molecular flexibility index (Phi) is 7.80. The number of nitriles is 1. The molecule has 0 spiro atoms. The van der Waals surface area contributed by atoms with Crippen molar-refractivity contribution in [1.82, 2.24) is 9.13 Å². The number of rotatable bonds is 6. The van der Waals surface area contributed by atoms with Gasteiger partial charge >= 0.3 is 5.97 Å². The van der Waals surface area contributed by atoms with E-state index in [1.54, 1.807) is 22.8 Å². The summed E-state index contributed by atoms with van der Waals surface area (Å²) >= 11 is 2.89. The van der Waals surface area contributed by atoms with Crippen LogP contribution < -0.4 is 14.9 Å². The van der Waals surface area contributed by atoms with Gasteiger partial charge in [-0.15, -0.1) is 11.3 Å². The van der Waals surface area contributed by atoms with Crippen LogP contribution in [0.15, 0.2) is 82.1 Å². The lowest BCUT2D eigenvalue weighted by Crippen LogP contribution is -2.40. The second-order valence-corrected chi connectivity index (χ2v) is 12.8. The fraction of sp³-hybridized carbons (Fsp3) is 0.200. The molecule has 9 heteroatoms. The molecule has 1 atom stereocenters. The predicted octanol–water partition coefficient (Wildman–Crippen LogP) is 5.89. The first-order valence-corrected chi connectivity index (χ1v) is 15.9. The van der Waals surface area contributed by atoms with E-state index in [2.05, 4.69) is 10.6 Å². The van der Waals surface area contributed by atoms with E-state index in [1.165, 1.54) is 11.3 Å². The van der Waals surface area contributed by atoms with Gasteiger partial charge in [-0.05, 0) is 63.5 Å². The Bertz CT molecular complexity index is 2180. The van der Waals surface area contributed by atoms with Gasteiger partial charge in [-0.3, -0.25) is 9.36 Å². The summed E-state index contributed by atoms with van der Waals surface area (Å²) < 4.78 is 9.75. The van der Waals surface area contributed by atoms with E-state index in [-0.39, 0.29) is 12.2 Å². The number of esters is 1. The first-order chi connectivity index (χ1) is 21.2. The summed E-state index contributed by atoms with van der Waals surface area (Å²) in [5.74, 6) is -0.503. The average molecular weight is 619 g/mol. The molecule has 0 amide bonds. The number of aromatic nitrogens is 2. The van der Waals surface area contributed by atoms with Crippen molar-refractivity contribution in [1.29, 1.82) is 5.26 Å². The Labute approximate surface area is 263 Å². The zero-order chi connectivity index (χ0) is 31.1. The summed E-state index contributed by atoms with van der Waals surface area (Å²) in [7, 11) is 0. The van der Waals surface area contributed by atoms with Crippen LogP contribution >= 0.6 is 22.7 Å². The standard InChI is InChI=1S/C35H30N4O3S2/c1-6-42-34(41)29-30(24-13-9-7-10-14-24)37-35-39(31(29)25-15-11-8-12-16-25)32(40)28(44-35)18-26-17-20(2)38(22(26)4)33-27(19-36)21(3)23(5)43-33/h7-18,31H,6H2,1-5H3/b28-18+/t31-/m1/s1. The summed E-state index contributed by atoms with van der Waals surface area (Å²) in [4.78, 5) is 34.4. The van der Waals surface area contributed by atoms with Crippen LogP contribution in [0.3, 0.4) is 0 Å². The van der Waals surface area contributed by atoms with E-state index in [9.17, 15) is 14.9 Å². The van der Waals surface area contributed by atoms with Crippen molar-refractivity contribution in [2.45, 2.75) is 40.7 Å². The van der Waals surface area contributed by atoms with Gasteiger partial charge in [-0.25, -0.2) is 9.79 Å². The molecule has 0 saturated heterocycles. The highest BCUT2D eigenvalue weighted by molar-refractivity contribution is 7.15. The van der Waals surface area contributed by atoms with Gasteiger partial charge < -0.3 is 9.30 Å². The second-order valence-electron chi connectivity index (χ2n) is 10.6. The average Bonchev–Trinajstić information content (AvgIpc) is 3.60. The minimum Gasteiger partial charge on any atom is -0.463 e. The van der Waals surface area contributed by atoms with Gasteiger partial charge in [0.05, 0.1) is 34.0 Å². The van der Waals surface area contributed by atoms with Gasteiger partial charge in [-0.1, -0.05) is 72.0 Å². The second kappa shape index (κ2) is 11.7. The monoisotopic (exact) mass is 618 g/mol. The summed E-state index contributed by atoms with van der Waals surface area (Å²) in [6.07, 6.45) is 1.89. The topological polar surface area (TPSA) is 89.4 Å². The SMILES string of the molecule is CCOC(=O)C1=C(c2ccccc2)N=c2s/c(=C/c3cc(C)n(-c4sc(C)c(C)c4C#N)c3C)c(=O)n2[C@@H]1c1ccccc1. The van der Waals surface area contributed by atoms with Gasteiger partial charge in [0.2, 0.25) is 0 Å². The maximum absolute atomic E-state index is 14.3. The molecule has 4 heterocycles. The number of aryl methyl sites for hydroxylation is 2. The highest BCUT2D eigenvalue weighted by atomic mass is 32.1. The van der Waals surface area contributed by atoms with Crippen LogP contribution in [-0.4, -0.2) is 21.7 Å². The summed E-state index contributed by atoms with van der Waals surface area (Å²) in [6, 6.07) is 22.8. The maximum Gasteiger partial charge on any atom is 0.338 e. The largest absolute Gasteiger partial charge is 0.463 e. The molecule has 220 valence electrons. The van der Waals surface area contributed by atoms with Crippen LogP contribution in [0.5, 0.6) is 0 Å². The summed E-state index contributed by atoms with van der Waals surface area (Å²) in [5, 5.41) is 10.8. The molecule has 0 saturated carbocycles. The van der Waals surface area contributed by atoms with E-state index in [4.69, 9.17) is 9.73 Å². The fourth-order valence-electron chi connectivity index (χ4n) is 5.68. The molecule has 3 aromatic heterocycles. The van der Waals surface area contributed by atoms with Crippen LogP contribution in [0.4, 0.5) is 0 Å². The lowest BCUT2D eigenvalue weighted by Gasteiger charge is -2.25. The molecule has 7 nitrogen and oxygen atoms in total. The predicted molar refractivity (Wildman–Crippen MR) is 175 cm³/mol. The van der Waals surface area contributed by atoms with Crippen molar-refractivity contribution in [3.8, 4) is 11.1 Å². The third-order valence-corrected chi connectivity index (χ3v) is 10.1. The Morgan fingerprint density at radius 1 is 1.05 bits per heavy atom. The molecular weight excluding hydrogens is 589 g/mol. The van der Waals surface area contributed by atoms with E-state index < -0.39 is 12.0 Å². The molecule has 5 aromatic rings. The van der Waals surface area contributed by atoms with Crippen molar-refractivity contribution in [3.63, 3.8) is 0 Å². The number of thiazole rings is 1. The first-order valence-electron chi connectivity index (χ1n) is 14.3. The highest BCUT2D eigenvalue weighted by Crippen LogP contribution is 2.36. The number of hydrogen-bond donors (Lipinski definition) is 0. The van der Waals surface area contributed by atoms with E-state index in [1.807, 2.05) is 101 Å². The van der Waals surface area contributed by atoms with Crippen molar-refractivity contribution in [2.75, 3.05) is 6.61 Å². The number of hydrogen-bond acceptors (Lipinski definition) is 7. The third kappa shape index (κ3) is 4.86. The molecule has 0 bridgehead atoms. The Hall–Kier alpha value is -4.78. The molecule has 0 unspecified atom stereocenters. The van der Waals surface area contributed by atoms with E-state index >= 15 is 0 Å². The minimum absolute atomic E-state index is 0.197. The molecule has 0 radical (unpaired) electrons. The van der Waals surface area contributed by atoms with Crippen molar-refractivity contribution in [3.05, 3.63) is 136 Å². The highest BCUT2D eigenvalue weighted by Gasteiger charge is 2.35. The number of nitrogens with zero attached hydrogens (tertiary/aromatic N) is 4. The fourth-order valence-corrected chi connectivity index (χ4v) is 7.89. The van der Waals surface area contributed by atoms with E-state index in [0.717, 1.165) is 43.5 Å². The molecule has 44 heavy (non-hydrogen) atoms. The van der Waals surface area contributed by atoms with Crippen LogP contribution in [-0.2, 0) is 9.53 Å². The quantitative estimate of drug-likeness (QED) is 0.222. The first kappa shape index (κ1) is 29.3. The molecule has 0 N–H and O–H groups in total. The molecule has 1 aliphatic heterocycles. The van der Waals surface area contributed by atoms with Gasteiger partial charge in [-0.2, -0.15) is 5.26 Å². The van der Waals surface area contributed by atoms with E-state index in [0.29, 0.717) is 26.2 Å². The van der Waals surface area contributed by atoms with Gasteiger partial charge in [0, 0.05) is 21.8 Å². The van der Waals surface area contributed by atoms with Crippen molar-refractivity contribution in [2.24, 2.45) is 4.99 Å². The van der Waals surface area contributed by atoms with Gasteiger partial charge in [0.1, 0.15) is 11.1 Å². The molecule has 0 fully saturated rings. The molecular formula is C35H30N4O3S2. The lowest BCUT2D eigenvalue weighted by atomic mass is 9.93. The summed E-state index contributed by atoms with van der Waals surface area (Å²) in [5.41, 5.74) is 6.59. The molecule has 2 aromatic carbocycles. The lowest BCUT2D eigenvalue weighted by molar-refractivity contribution is -0.138. The Morgan fingerprint density at radius 2 is 1.73 bits per heavy atom. The third-order valence-electron chi connectivity index (χ3n) is 7.93. The zero-order valence-electron chi connectivity index (χ0n) is 25.0. The van der Waals surface area contributed by atoms with Gasteiger partial charge in [0.25, 0.3) is 5.56 Å². The number of carbonyl (C=O) groups is 1. The molecule has 0 aliphatic carbocycles. The van der Waals surface area contributed by atoms with Crippen molar-refractivity contribution >= 4 is 40.4 Å². The maximum atomic E-state index is 14.3. The van der Waals surface area contributed by atoms with Crippen LogP contribution in [0.1, 0.15) is 57.0 Å². The normalized spacial score (nSPS) is 14.7. The van der Waals surface area contributed by atoms with Crippen LogP contribution in [0.2, 0.25) is 0 Å². The summed E-state index contributed by atoms with van der Waals surface area (Å²) in [6.45, 7) is 9.97. The van der Waals surface area contributed by atoms with Crippen LogP contribution in [0, 0.1) is 39.0 Å². The number of thiophene rings is 1. The molecule has 1 aliphatic rings. The molecule has 6 rings (SSSR count). The van der Waals surface area contributed by atoms with Crippen LogP contribution in [0.25, 0.3) is 16.8 Å². The number of benzene rings is 2. The number of fused-ring (bicyclic) bond motifs is 1. The smallest absolute Gasteiger partial charge is 0.338 e. The van der Waals surface area contributed by atoms with Crippen molar-refractivity contribution < 1.29 is 9.53 Å². The number of ether oxygens (including phenoxy) is 1. The van der Waals surface area contributed by atoms with Gasteiger partial charge in [0.15, 0.2) is 4.80 Å². The Balaban J connectivity index is 1.60.